The Morgan fingerprint density at radius 2 is 1.96 bits per heavy atom. The molecule has 2 amide bonds. The molecule has 6 nitrogen and oxygen atoms in total. The average Bonchev–Trinajstić information content (AvgIpc) is 3.15. The summed E-state index contributed by atoms with van der Waals surface area (Å²) in [5.74, 6) is 0.0174. The van der Waals surface area contributed by atoms with Gasteiger partial charge >= 0.3 is 0 Å². The summed E-state index contributed by atoms with van der Waals surface area (Å²) in [6.45, 7) is 0.0763. The van der Waals surface area contributed by atoms with Crippen LogP contribution in [-0.2, 0) is 11.2 Å². The van der Waals surface area contributed by atoms with E-state index >= 15 is 0 Å². The highest BCUT2D eigenvalue weighted by molar-refractivity contribution is 7.09. The number of rotatable bonds is 4. The third-order valence-electron chi connectivity index (χ3n) is 4.55. The fourth-order valence-corrected chi connectivity index (χ4v) is 3.86. The molecule has 3 aromatic rings. The molecule has 1 aromatic heterocycles. The smallest absolute Gasteiger partial charge is 0.271 e. The first-order valence-electron chi connectivity index (χ1n) is 8.90. The van der Waals surface area contributed by atoms with Crippen molar-refractivity contribution in [1.82, 2.24) is 10.3 Å². The van der Waals surface area contributed by atoms with Gasteiger partial charge in [-0.2, -0.15) is 0 Å². The number of ether oxygens (including phenoxy) is 1. The van der Waals surface area contributed by atoms with Crippen LogP contribution in [0.25, 0.3) is 0 Å². The molecule has 0 spiro atoms. The van der Waals surface area contributed by atoms with Gasteiger partial charge in [-0.05, 0) is 17.7 Å². The number of carbonyl (C=O) groups excluding carboxylic acids is 2. The molecule has 1 atom stereocenters. The van der Waals surface area contributed by atoms with E-state index in [1.807, 2.05) is 48.5 Å². The maximum Gasteiger partial charge on any atom is 0.271 e. The van der Waals surface area contributed by atoms with Gasteiger partial charge in [0, 0.05) is 18.8 Å². The first kappa shape index (κ1) is 18.2. The molecule has 1 aliphatic heterocycles. The monoisotopic (exact) mass is 393 g/mol. The molecular weight excluding hydrogens is 374 g/mol. The quantitative estimate of drug-likeness (QED) is 0.740. The van der Waals surface area contributed by atoms with Gasteiger partial charge in [0.05, 0.1) is 10.7 Å². The molecule has 0 fully saturated rings. The first-order chi connectivity index (χ1) is 13.6. The van der Waals surface area contributed by atoms with Crippen molar-refractivity contribution < 1.29 is 14.3 Å². The number of benzene rings is 2. The van der Waals surface area contributed by atoms with Crippen LogP contribution in [0, 0.1) is 0 Å². The van der Waals surface area contributed by atoms with Gasteiger partial charge < -0.3 is 15.0 Å². The SMILES string of the molecule is CN1C(=O)C(NC(=O)c2csc(Cc3ccccc3)n2)COc2ccccc21. The zero-order valence-corrected chi connectivity index (χ0v) is 16.1. The average molecular weight is 393 g/mol. The molecule has 1 unspecified atom stereocenters. The number of nitrogens with zero attached hydrogens (tertiary/aromatic N) is 2. The van der Waals surface area contributed by atoms with Crippen LogP contribution in [0.1, 0.15) is 21.1 Å². The zero-order chi connectivity index (χ0) is 19.5. The van der Waals surface area contributed by atoms with Crippen LogP contribution in [0.2, 0.25) is 0 Å². The number of aromatic nitrogens is 1. The third-order valence-corrected chi connectivity index (χ3v) is 5.40. The molecule has 28 heavy (non-hydrogen) atoms. The van der Waals surface area contributed by atoms with E-state index in [4.69, 9.17) is 4.74 Å². The first-order valence-corrected chi connectivity index (χ1v) is 9.78. The van der Waals surface area contributed by atoms with E-state index in [0.29, 0.717) is 23.6 Å². The lowest BCUT2D eigenvalue weighted by molar-refractivity contribution is -0.120. The van der Waals surface area contributed by atoms with Gasteiger partial charge in [0.2, 0.25) is 0 Å². The molecule has 1 N–H and O–H groups in total. The van der Waals surface area contributed by atoms with E-state index in [1.54, 1.807) is 18.5 Å². The normalized spacial score (nSPS) is 16.1. The number of nitrogens with one attached hydrogen (secondary N) is 1. The number of thiazole rings is 1. The van der Waals surface area contributed by atoms with Gasteiger partial charge in [0.15, 0.2) is 0 Å². The van der Waals surface area contributed by atoms with Crippen molar-refractivity contribution in [3.8, 4) is 5.75 Å². The lowest BCUT2D eigenvalue weighted by Gasteiger charge is -2.20. The molecule has 2 aromatic carbocycles. The van der Waals surface area contributed by atoms with Gasteiger partial charge in [-0.25, -0.2) is 4.98 Å². The van der Waals surface area contributed by atoms with E-state index in [0.717, 1.165) is 10.6 Å². The van der Waals surface area contributed by atoms with Gasteiger partial charge in [-0.15, -0.1) is 11.3 Å². The summed E-state index contributed by atoms with van der Waals surface area (Å²) in [4.78, 5) is 31.3. The van der Waals surface area contributed by atoms with Gasteiger partial charge in [-0.1, -0.05) is 42.5 Å². The Hall–Kier alpha value is -3.19. The van der Waals surface area contributed by atoms with E-state index in [-0.39, 0.29) is 18.4 Å². The molecule has 0 saturated carbocycles. The highest BCUT2D eigenvalue weighted by atomic mass is 32.1. The standard InChI is InChI=1S/C21H19N3O3S/c1-24-17-9-5-6-10-18(17)27-12-15(21(24)26)23-20(25)16-13-28-19(22-16)11-14-7-3-2-4-8-14/h2-10,13,15H,11-12H2,1H3,(H,23,25). The fraction of sp³-hybridized carbons (Fsp3) is 0.190. The molecular formula is C21H19N3O3S. The lowest BCUT2D eigenvalue weighted by atomic mass is 10.2. The van der Waals surface area contributed by atoms with Crippen LogP contribution >= 0.6 is 11.3 Å². The number of carbonyl (C=O) groups is 2. The number of hydrogen-bond donors (Lipinski definition) is 1. The molecule has 0 saturated heterocycles. The summed E-state index contributed by atoms with van der Waals surface area (Å²) in [5, 5.41) is 5.32. The van der Waals surface area contributed by atoms with Crippen LogP contribution in [-0.4, -0.2) is 36.5 Å². The molecule has 4 rings (SSSR count). The predicted molar refractivity (Wildman–Crippen MR) is 108 cm³/mol. The van der Waals surface area contributed by atoms with Crippen molar-refractivity contribution in [2.45, 2.75) is 12.5 Å². The van der Waals surface area contributed by atoms with Crippen molar-refractivity contribution in [1.29, 1.82) is 0 Å². The molecule has 0 aliphatic carbocycles. The minimum atomic E-state index is -0.774. The molecule has 7 heteroatoms. The molecule has 0 bridgehead atoms. The van der Waals surface area contributed by atoms with Crippen LogP contribution in [0.15, 0.2) is 60.0 Å². The van der Waals surface area contributed by atoms with Crippen molar-refractivity contribution in [2.75, 3.05) is 18.6 Å². The highest BCUT2D eigenvalue weighted by Crippen LogP contribution is 2.29. The van der Waals surface area contributed by atoms with Crippen LogP contribution in [0.4, 0.5) is 5.69 Å². The maximum atomic E-state index is 12.7. The summed E-state index contributed by atoms with van der Waals surface area (Å²) in [6.07, 6.45) is 0.669. The Balaban J connectivity index is 1.45. The Morgan fingerprint density at radius 3 is 2.79 bits per heavy atom. The largest absolute Gasteiger partial charge is 0.489 e. The Morgan fingerprint density at radius 1 is 1.21 bits per heavy atom. The van der Waals surface area contributed by atoms with Crippen LogP contribution < -0.4 is 15.0 Å². The lowest BCUT2D eigenvalue weighted by Crippen LogP contribution is -2.49. The zero-order valence-electron chi connectivity index (χ0n) is 15.3. The second-order valence-electron chi connectivity index (χ2n) is 6.49. The van der Waals surface area contributed by atoms with Gasteiger partial charge in [0.25, 0.3) is 11.8 Å². The molecule has 0 radical (unpaired) electrons. The minimum absolute atomic E-state index is 0.0763. The summed E-state index contributed by atoms with van der Waals surface area (Å²) >= 11 is 1.43. The number of anilines is 1. The van der Waals surface area contributed by atoms with E-state index < -0.39 is 6.04 Å². The van der Waals surface area contributed by atoms with Crippen molar-refractivity contribution in [2.24, 2.45) is 0 Å². The van der Waals surface area contributed by atoms with Crippen LogP contribution in [0.5, 0.6) is 5.75 Å². The van der Waals surface area contributed by atoms with Gasteiger partial charge in [-0.3, -0.25) is 9.59 Å². The van der Waals surface area contributed by atoms with Crippen LogP contribution in [0.3, 0.4) is 0 Å². The molecule has 2 heterocycles. The number of hydrogen-bond acceptors (Lipinski definition) is 5. The topological polar surface area (TPSA) is 71.5 Å². The minimum Gasteiger partial charge on any atom is -0.489 e. The summed E-state index contributed by atoms with van der Waals surface area (Å²) in [5.41, 5.74) is 2.13. The maximum absolute atomic E-state index is 12.7. The number of amides is 2. The van der Waals surface area contributed by atoms with Crippen molar-refractivity contribution in [3.05, 3.63) is 76.2 Å². The molecule has 1 aliphatic rings. The fourth-order valence-electron chi connectivity index (χ4n) is 3.06. The molecule has 142 valence electrons. The highest BCUT2D eigenvalue weighted by Gasteiger charge is 2.31. The van der Waals surface area contributed by atoms with E-state index in [1.165, 1.54) is 16.2 Å². The van der Waals surface area contributed by atoms with E-state index in [9.17, 15) is 9.59 Å². The second kappa shape index (κ2) is 7.82. The van der Waals surface area contributed by atoms with Crippen molar-refractivity contribution >= 4 is 28.8 Å². The Labute approximate surface area is 166 Å². The van der Waals surface area contributed by atoms with E-state index in [2.05, 4.69) is 10.3 Å². The Kier molecular flexibility index (Phi) is 5.08. The van der Waals surface area contributed by atoms with Gasteiger partial charge in [0.1, 0.15) is 24.1 Å². The van der Waals surface area contributed by atoms with Crippen molar-refractivity contribution in [3.63, 3.8) is 0 Å². The Bertz CT molecular complexity index is 1000. The summed E-state index contributed by atoms with van der Waals surface area (Å²) < 4.78 is 5.73. The summed E-state index contributed by atoms with van der Waals surface area (Å²) in [7, 11) is 1.68. The second-order valence-corrected chi connectivity index (χ2v) is 7.43. The summed E-state index contributed by atoms with van der Waals surface area (Å²) in [6, 6.07) is 16.5. The predicted octanol–water partition coefficient (Wildman–Crippen LogP) is 2.89. The number of likely N-dealkylation sites (N-methyl/N-ethyl adjacent to an activating group) is 1. The third kappa shape index (κ3) is 3.75. The number of para-hydroxylation sites is 2. The number of fused-ring (bicyclic) bond motifs is 1.